The van der Waals surface area contributed by atoms with Crippen LogP contribution in [0, 0.1) is 0 Å². The number of hydrogen-bond acceptors (Lipinski definition) is 1. The van der Waals surface area contributed by atoms with Crippen LogP contribution in [0.3, 0.4) is 0 Å². The molecule has 0 aliphatic carbocycles. The second kappa shape index (κ2) is 6.76. The van der Waals surface area contributed by atoms with Gasteiger partial charge >= 0.3 is 0 Å². The van der Waals surface area contributed by atoms with Gasteiger partial charge in [-0.3, -0.25) is 4.79 Å². The summed E-state index contributed by atoms with van der Waals surface area (Å²) in [7, 11) is 0. The summed E-state index contributed by atoms with van der Waals surface area (Å²) in [6, 6.07) is 17.4. The molecule has 1 atom stereocenters. The lowest BCUT2D eigenvalue weighted by Gasteiger charge is -2.25. The molecule has 0 bridgehead atoms. The van der Waals surface area contributed by atoms with Crippen LogP contribution in [-0.4, -0.2) is 5.91 Å². The fourth-order valence-electron chi connectivity index (χ4n) is 2.48. The topological polar surface area (TPSA) is 29.1 Å². The van der Waals surface area contributed by atoms with Crippen LogP contribution >= 0.6 is 11.6 Å². The van der Waals surface area contributed by atoms with Gasteiger partial charge in [-0.25, -0.2) is 0 Å². The van der Waals surface area contributed by atoms with E-state index in [1.54, 1.807) is 0 Å². The molecular formula is C20H24ClNO. The van der Waals surface area contributed by atoms with E-state index in [1.165, 1.54) is 5.56 Å². The first-order chi connectivity index (χ1) is 10.8. The van der Waals surface area contributed by atoms with E-state index in [0.29, 0.717) is 6.42 Å². The summed E-state index contributed by atoms with van der Waals surface area (Å²) in [5, 5.41) is 2.94. The molecule has 2 nitrogen and oxygen atoms in total. The van der Waals surface area contributed by atoms with E-state index in [-0.39, 0.29) is 11.3 Å². The normalized spacial score (nSPS) is 14.1. The van der Waals surface area contributed by atoms with E-state index in [0.717, 1.165) is 11.3 Å². The zero-order valence-corrected chi connectivity index (χ0v) is 14.9. The molecule has 3 heteroatoms. The summed E-state index contributed by atoms with van der Waals surface area (Å²) in [4.78, 5) is 11.7. The minimum atomic E-state index is -1.05. The third-order valence-corrected chi connectivity index (χ3v) is 4.74. The Bertz CT molecular complexity index is 658. The molecule has 0 aliphatic rings. The summed E-state index contributed by atoms with van der Waals surface area (Å²) in [6.07, 6.45) is 0.518. The maximum absolute atomic E-state index is 12.7. The van der Waals surface area contributed by atoms with E-state index >= 15 is 0 Å². The first-order valence-electron chi connectivity index (χ1n) is 7.94. The Morgan fingerprint density at radius 1 is 0.957 bits per heavy atom. The van der Waals surface area contributed by atoms with Crippen LogP contribution in [0.2, 0.25) is 0 Å². The molecular weight excluding hydrogens is 306 g/mol. The van der Waals surface area contributed by atoms with E-state index in [9.17, 15) is 4.79 Å². The Morgan fingerprint density at radius 3 is 2.00 bits per heavy atom. The van der Waals surface area contributed by atoms with Crippen molar-refractivity contribution < 1.29 is 4.79 Å². The number of nitrogens with one attached hydrogen (secondary N) is 1. The molecule has 0 aliphatic heterocycles. The third kappa shape index (κ3) is 3.94. The first-order valence-corrected chi connectivity index (χ1v) is 8.31. The van der Waals surface area contributed by atoms with Crippen LogP contribution < -0.4 is 5.32 Å². The molecule has 0 saturated heterocycles. The van der Waals surface area contributed by atoms with Gasteiger partial charge in [-0.1, -0.05) is 70.2 Å². The van der Waals surface area contributed by atoms with Crippen LogP contribution in [0.15, 0.2) is 54.6 Å². The number of carbonyl (C=O) groups is 1. The highest BCUT2D eigenvalue weighted by atomic mass is 35.5. The molecule has 0 radical (unpaired) electrons. The molecule has 0 spiro atoms. The molecule has 2 rings (SSSR count). The number of alkyl halides is 1. The van der Waals surface area contributed by atoms with Crippen LogP contribution in [0.1, 0.15) is 45.2 Å². The van der Waals surface area contributed by atoms with Crippen molar-refractivity contribution in [1.82, 2.24) is 0 Å². The average Bonchev–Trinajstić information content (AvgIpc) is 2.54. The Morgan fingerprint density at radius 2 is 1.52 bits per heavy atom. The SMILES string of the molecule is CCC(Cl)(C(=O)Nc1ccc(C(C)(C)C)cc1)c1ccccc1. The highest BCUT2D eigenvalue weighted by molar-refractivity contribution is 6.36. The molecule has 0 heterocycles. The van der Waals surface area contributed by atoms with E-state index < -0.39 is 4.87 Å². The standard InChI is InChI=1S/C20H24ClNO/c1-5-20(21,16-9-7-6-8-10-16)18(23)22-17-13-11-15(12-14-17)19(2,3)4/h6-14H,5H2,1-4H3,(H,22,23). The number of carbonyl (C=O) groups excluding carboxylic acids is 1. The van der Waals surface area contributed by atoms with Crippen molar-refractivity contribution in [3.63, 3.8) is 0 Å². The summed E-state index contributed by atoms with van der Waals surface area (Å²) >= 11 is 6.64. The Hall–Kier alpha value is -1.80. The Kier molecular flexibility index (Phi) is 5.16. The van der Waals surface area contributed by atoms with Gasteiger partial charge in [-0.15, -0.1) is 11.6 Å². The first kappa shape index (κ1) is 17.6. The highest BCUT2D eigenvalue weighted by Gasteiger charge is 2.36. The van der Waals surface area contributed by atoms with Crippen molar-refractivity contribution in [3.05, 3.63) is 65.7 Å². The molecule has 1 N–H and O–H groups in total. The zero-order chi connectivity index (χ0) is 17.1. The number of anilines is 1. The lowest BCUT2D eigenvalue weighted by molar-refractivity contribution is -0.119. The Labute approximate surface area is 143 Å². The molecule has 2 aromatic carbocycles. The molecule has 0 aromatic heterocycles. The number of halogens is 1. The number of amides is 1. The van der Waals surface area contributed by atoms with Gasteiger partial charge in [0.15, 0.2) is 0 Å². The molecule has 1 amide bonds. The lowest BCUT2D eigenvalue weighted by Crippen LogP contribution is -2.34. The number of rotatable bonds is 4. The predicted molar refractivity (Wildman–Crippen MR) is 98.0 cm³/mol. The summed E-state index contributed by atoms with van der Waals surface area (Å²) in [5.74, 6) is -0.198. The average molecular weight is 330 g/mol. The minimum Gasteiger partial charge on any atom is -0.324 e. The van der Waals surface area contributed by atoms with Crippen molar-refractivity contribution in [2.24, 2.45) is 0 Å². The Balaban J connectivity index is 2.20. The maximum Gasteiger partial charge on any atom is 0.250 e. The molecule has 0 saturated carbocycles. The second-order valence-electron chi connectivity index (χ2n) is 6.80. The van der Waals surface area contributed by atoms with Gasteiger partial charge < -0.3 is 5.32 Å². The van der Waals surface area contributed by atoms with Crippen LogP contribution in [0.4, 0.5) is 5.69 Å². The van der Waals surface area contributed by atoms with E-state index in [1.807, 2.05) is 61.5 Å². The van der Waals surface area contributed by atoms with Gasteiger partial charge in [0.05, 0.1) is 0 Å². The maximum atomic E-state index is 12.7. The van der Waals surface area contributed by atoms with Gasteiger partial charge in [0.2, 0.25) is 5.91 Å². The summed E-state index contributed by atoms with van der Waals surface area (Å²) < 4.78 is 0. The predicted octanol–water partition coefficient (Wildman–Crippen LogP) is 5.47. The highest BCUT2D eigenvalue weighted by Crippen LogP contribution is 2.34. The largest absolute Gasteiger partial charge is 0.324 e. The van der Waals surface area contributed by atoms with Gasteiger partial charge in [0.25, 0.3) is 0 Å². The van der Waals surface area contributed by atoms with Crippen molar-refractivity contribution >= 4 is 23.2 Å². The van der Waals surface area contributed by atoms with Crippen molar-refractivity contribution in [1.29, 1.82) is 0 Å². The van der Waals surface area contributed by atoms with Gasteiger partial charge in [-0.05, 0) is 35.1 Å². The molecule has 1 unspecified atom stereocenters. The van der Waals surface area contributed by atoms with Crippen LogP contribution in [0.25, 0.3) is 0 Å². The molecule has 2 aromatic rings. The zero-order valence-electron chi connectivity index (χ0n) is 14.2. The third-order valence-electron chi connectivity index (χ3n) is 4.09. The molecule has 122 valence electrons. The quantitative estimate of drug-likeness (QED) is 0.741. The summed E-state index contributed by atoms with van der Waals surface area (Å²) in [6.45, 7) is 8.41. The summed E-state index contributed by atoms with van der Waals surface area (Å²) in [5.41, 5.74) is 2.89. The fourth-order valence-corrected chi connectivity index (χ4v) is 2.66. The van der Waals surface area contributed by atoms with Crippen LogP contribution in [0.5, 0.6) is 0 Å². The lowest BCUT2D eigenvalue weighted by atomic mass is 9.87. The number of benzene rings is 2. The number of hydrogen-bond donors (Lipinski definition) is 1. The van der Waals surface area contributed by atoms with E-state index in [2.05, 4.69) is 26.1 Å². The van der Waals surface area contributed by atoms with Gasteiger partial charge in [-0.2, -0.15) is 0 Å². The van der Waals surface area contributed by atoms with Gasteiger partial charge in [0, 0.05) is 5.69 Å². The van der Waals surface area contributed by atoms with Crippen molar-refractivity contribution in [2.75, 3.05) is 5.32 Å². The monoisotopic (exact) mass is 329 g/mol. The van der Waals surface area contributed by atoms with Crippen molar-refractivity contribution in [2.45, 2.75) is 44.4 Å². The van der Waals surface area contributed by atoms with E-state index in [4.69, 9.17) is 11.6 Å². The second-order valence-corrected chi connectivity index (χ2v) is 7.45. The smallest absolute Gasteiger partial charge is 0.250 e. The van der Waals surface area contributed by atoms with Gasteiger partial charge in [0.1, 0.15) is 4.87 Å². The minimum absolute atomic E-state index is 0.0895. The van der Waals surface area contributed by atoms with Crippen LogP contribution in [-0.2, 0) is 15.1 Å². The fraction of sp³-hybridized carbons (Fsp3) is 0.350. The molecule has 0 fully saturated rings. The molecule has 23 heavy (non-hydrogen) atoms. The van der Waals surface area contributed by atoms with Crippen molar-refractivity contribution in [3.8, 4) is 0 Å².